The Morgan fingerprint density at radius 1 is 1.17 bits per heavy atom. The Bertz CT molecular complexity index is 608. The van der Waals surface area contributed by atoms with Crippen LogP contribution in [-0.4, -0.2) is 25.2 Å². The molecule has 6 heteroatoms. The molecule has 2 bridgehead atoms. The average Bonchev–Trinajstić information content (AvgIpc) is 3.06. The van der Waals surface area contributed by atoms with Gasteiger partial charge in [-0.05, 0) is 48.8 Å². The summed E-state index contributed by atoms with van der Waals surface area (Å²) in [5, 5.41) is 3.06. The molecule has 4 atom stereocenters. The van der Waals surface area contributed by atoms with Crippen molar-refractivity contribution in [3.63, 3.8) is 0 Å². The predicted octanol–water partition coefficient (Wildman–Crippen LogP) is 2.26. The van der Waals surface area contributed by atoms with Gasteiger partial charge in [0.1, 0.15) is 0 Å². The van der Waals surface area contributed by atoms with E-state index in [0.29, 0.717) is 31.6 Å². The lowest BCUT2D eigenvalue weighted by Crippen LogP contribution is -2.45. The van der Waals surface area contributed by atoms with E-state index in [0.717, 1.165) is 36.3 Å². The van der Waals surface area contributed by atoms with Gasteiger partial charge < -0.3 is 20.5 Å². The number of fused-ring (bicyclic) bond motifs is 3. The number of carbonyl (C=O) groups excluding carboxylic acids is 1. The van der Waals surface area contributed by atoms with Crippen molar-refractivity contribution in [2.24, 2.45) is 23.5 Å². The molecule has 0 spiro atoms. The number of ether oxygens (including phenoxy) is 2. The van der Waals surface area contributed by atoms with E-state index in [1.54, 1.807) is 0 Å². The van der Waals surface area contributed by atoms with Gasteiger partial charge in [0.25, 0.3) is 0 Å². The summed E-state index contributed by atoms with van der Waals surface area (Å²) in [7, 11) is 0. The molecule has 2 saturated carbocycles. The van der Waals surface area contributed by atoms with Crippen LogP contribution in [0, 0.1) is 17.8 Å². The fraction of sp³-hybridized carbons (Fsp3) is 0.611. The molecule has 2 fully saturated rings. The summed E-state index contributed by atoms with van der Waals surface area (Å²) in [6.07, 6.45) is 4.37. The first-order valence-corrected chi connectivity index (χ1v) is 8.64. The van der Waals surface area contributed by atoms with Gasteiger partial charge in [-0.3, -0.25) is 4.79 Å². The fourth-order valence-corrected chi connectivity index (χ4v) is 4.35. The predicted molar refractivity (Wildman–Crippen MR) is 93.4 cm³/mol. The maximum Gasteiger partial charge on any atom is 0.225 e. The van der Waals surface area contributed by atoms with E-state index >= 15 is 0 Å². The van der Waals surface area contributed by atoms with Gasteiger partial charge in [-0.15, -0.1) is 12.4 Å². The molecule has 4 unspecified atom stereocenters. The van der Waals surface area contributed by atoms with Crippen LogP contribution in [0.2, 0.25) is 0 Å². The molecular weight excluding hydrogens is 328 g/mol. The molecule has 1 heterocycles. The number of hydrogen-bond donors (Lipinski definition) is 2. The first-order chi connectivity index (χ1) is 11.2. The Morgan fingerprint density at radius 2 is 1.92 bits per heavy atom. The van der Waals surface area contributed by atoms with Crippen LogP contribution < -0.4 is 20.5 Å². The number of rotatable bonds is 3. The van der Waals surface area contributed by atoms with E-state index < -0.39 is 0 Å². The van der Waals surface area contributed by atoms with E-state index in [2.05, 4.69) is 5.32 Å². The fourth-order valence-electron chi connectivity index (χ4n) is 4.35. The zero-order chi connectivity index (χ0) is 15.8. The highest BCUT2D eigenvalue weighted by Gasteiger charge is 2.48. The average molecular weight is 353 g/mol. The molecule has 24 heavy (non-hydrogen) atoms. The molecule has 0 saturated heterocycles. The van der Waals surface area contributed by atoms with Crippen LogP contribution in [0.5, 0.6) is 11.5 Å². The van der Waals surface area contributed by atoms with Gasteiger partial charge in [0.2, 0.25) is 5.91 Å². The zero-order valence-electron chi connectivity index (χ0n) is 13.7. The van der Waals surface area contributed by atoms with Gasteiger partial charge in [0.05, 0.1) is 19.1 Å². The summed E-state index contributed by atoms with van der Waals surface area (Å²) in [4.78, 5) is 12.5. The normalized spacial score (nSPS) is 30.4. The van der Waals surface area contributed by atoms with Gasteiger partial charge in [-0.25, -0.2) is 0 Å². The maximum atomic E-state index is 12.5. The summed E-state index contributed by atoms with van der Waals surface area (Å²) in [5.41, 5.74) is 7.27. The van der Waals surface area contributed by atoms with Crippen molar-refractivity contribution in [3.8, 4) is 11.5 Å². The lowest BCUT2D eigenvalue weighted by atomic mass is 9.84. The first kappa shape index (κ1) is 17.4. The van der Waals surface area contributed by atoms with Crippen molar-refractivity contribution in [1.29, 1.82) is 0 Å². The molecule has 132 valence electrons. The van der Waals surface area contributed by atoms with Crippen molar-refractivity contribution >= 4 is 18.3 Å². The van der Waals surface area contributed by atoms with Gasteiger partial charge in [0.15, 0.2) is 11.5 Å². The van der Waals surface area contributed by atoms with Crippen molar-refractivity contribution < 1.29 is 14.3 Å². The lowest BCUT2D eigenvalue weighted by molar-refractivity contribution is -0.127. The number of halogens is 1. The van der Waals surface area contributed by atoms with Crippen LogP contribution >= 0.6 is 12.4 Å². The minimum Gasteiger partial charge on any atom is -0.490 e. The van der Waals surface area contributed by atoms with E-state index in [1.165, 1.54) is 6.42 Å². The van der Waals surface area contributed by atoms with E-state index in [9.17, 15) is 4.79 Å². The minimum absolute atomic E-state index is 0. The highest BCUT2D eigenvalue weighted by molar-refractivity contribution is 5.85. The first-order valence-electron chi connectivity index (χ1n) is 8.64. The minimum atomic E-state index is -0.00541. The van der Waals surface area contributed by atoms with Crippen molar-refractivity contribution in [3.05, 3.63) is 23.8 Å². The number of benzene rings is 1. The van der Waals surface area contributed by atoms with Crippen LogP contribution in [0.4, 0.5) is 0 Å². The molecule has 0 aromatic heterocycles. The molecular formula is C18H25ClN2O3. The Hall–Kier alpha value is -1.46. The number of nitrogens with one attached hydrogen (secondary N) is 1. The molecule has 0 radical (unpaired) electrons. The van der Waals surface area contributed by atoms with Crippen LogP contribution in [0.25, 0.3) is 0 Å². The Balaban J connectivity index is 0.00000169. The molecule has 1 aliphatic heterocycles. The number of nitrogens with two attached hydrogens (primary N) is 1. The van der Waals surface area contributed by atoms with Gasteiger partial charge in [-0.1, -0.05) is 6.07 Å². The second-order valence-electron chi connectivity index (χ2n) is 6.99. The van der Waals surface area contributed by atoms with E-state index in [4.69, 9.17) is 15.2 Å². The highest BCUT2D eigenvalue weighted by Crippen LogP contribution is 2.47. The van der Waals surface area contributed by atoms with Gasteiger partial charge >= 0.3 is 0 Å². The highest BCUT2D eigenvalue weighted by atomic mass is 35.5. The van der Waals surface area contributed by atoms with Gasteiger partial charge in [-0.2, -0.15) is 0 Å². The molecule has 1 aromatic rings. The quantitative estimate of drug-likeness (QED) is 0.875. The van der Waals surface area contributed by atoms with Crippen molar-refractivity contribution in [1.82, 2.24) is 5.32 Å². The molecule has 3 aliphatic rings. The standard InChI is InChI=1S/C18H24N2O3.ClH/c19-17-13-4-3-12(9-13)16(17)18(21)20-10-11-2-5-14-15(8-11)23-7-1-6-22-14;/h2,5,8,12-13,16-17H,1,3-4,6-7,9-10,19H2,(H,20,21);1H. The monoisotopic (exact) mass is 352 g/mol. The maximum absolute atomic E-state index is 12.5. The molecule has 1 aromatic carbocycles. The zero-order valence-corrected chi connectivity index (χ0v) is 14.5. The summed E-state index contributed by atoms with van der Waals surface area (Å²) in [6, 6.07) is 5.90. The van der Waals surface area contributed by atoms with E-state index in [1.807, 2.05) is 18.2 Å². The van der Waals surface area contributed by atoms with Gasteiger partial charge in [0, 0.05) is 19.0 Å². The number of hydrogen-bond acceptors (Lipinski definition) is 4. The lowest BCUT2D eigenvalue weighted by Gasteiger charge is -2.27. The van der Waals surface area contributed by atoms with Crippen molar-refractivity contribution in [2.75, 3.05) is 13.2 Å². The second kappa shape index (κ2) is 7.19. The Labute approximate surface area is 148 Å². The molecule has 1 amide bonds. The summed E-state index contributed by atoms with van der Waals surface area (Å²) in [5.74, 6) is 2.69. The molecule has 3 N–H and O–H groups in total. The third-order valence-corrected chi connectivity index (χ3v) is 5.56. The number of amides is 1. The van der Waals surface area contributed by atoms with Crippen LogP contribution in [0.1, 0.15) is 31.2 Å². The summed E-state index contributed by atoms with van der Waals surface area (Å²) in [6.45, 7) is 1.87. The molecule has 5 nitrogen and oxygen atoms in total. The topological polar surface area (TPSA) is 73.6 Å². The third kappa shape index (κ3) is 3.20. The smallest absolute Gasteiger partial charge is 0.225 e. The Morgan fingerprint density at radius 3 is 2.67 bits per heavy atom. The van der Waals surface area contributed by atoms with Crippen LogP contribution in [0.3, 0.4) is 0 Å². The summed E-state index contributed by atoms with van der Waals surface area (Å²) >= 11 is 0. The SMILES string of the molecule is Cl.NC1C2CCC(C2)C1C(=O)NCc1ccc2c(c1)OCCCO2. The molecule has 2 aliphatic carbocycles. The molecule has 4 rings (SSSR count). The number of carbonyl (C=O) groups is 1. The largest absolute Gasteiger partial charge is 0.490 e. The second-order valence-corrected chi connectivity index (χ2v) is 6.99. The van der Waals surface area contributed by atoms with Crippen LogP contribution in [0.15, 0.2) is 18.2 Å². The van der Waals surface area contributed by atoms with Crippen LogP contribution in [-0.2, 0) is 11.3 Å². The summed E-state index contributed by atoms with van der Waals surface area (Å²) < 4.78 is 11.3. The third-order valence-electron chi connectivity index (χ3n) is 5.56. The van der Waals surface area contributed by atoms with Crippen molar-refractivity contribution in [2.45, 2.75) is 38.3 Å². The van der Waals surface area contributed by atoms with E-state index in [-0.39, 0.29) is 30.3 Å². The Kier molecular flexibility index (Phi) is 5.21.